The number of carbonyl (C=O) groups excluding carboxylic acids is 2. The van der Waals surface area contributed by atoms with E-state index in [1.54, 1.807) is 0 Å². The van der Waals surface area contributed by atoms with Gasteiger partial charge in [-0.1, -0.05) is 30.7 Å². The summed E-state index contributed by atoms with van der Waals surface area (Å²) >= 11 is 0. The van der Waals surface area contributed by atoms with E-state index in [1.165, 1.54) is 44.6 Å². The van der Waals surface area contributed by atoms with Gasteiger partial charge in [-0.25, -0.2) is 18.0 Å². The van der Waals surface area contributed by atoms with Gasteiger partial charge in [-0.3, -0.25) is 14.5 Å². The van der Waals surface area contributed by atoms with E-state index in [2.05, 4.69) is 15.7 Å². The smallest absolute Gasteiger partial charge is 0.240 e. The van der Waals surface area contributed by atoms with Gasteiger partial charge in [0.2, 0.25) is 21.8 Å². The molecule has 2 aromatic carbocycles. The summed E-state index contributed by atoms with van der Waals surface area (Å²) in [7, 11) is -2.47. The monoisotopic (exact) mass is 471 g/mol. The molecule has 2 aliphatic heterocycles. The third kappa shape index (κ3) is 5.43. The molecule has 1 N–H and O–H groups in total. The van der Waals surface area contributed by atoms with Crippen LogP contribution in [0.1, 0.15) is 43.2 Å². The number of ether oxygens (including phenoxy) is 1. The Morgan fingerprint density at radius 1 is 0.939 bits per heavy atom. The Labute approximate surface area is 194 Å². The zero-order chi connectivity index (χ0) is 23.4. The Hall–Kier alpha value is -2.75. The molecule has 176 valence electrons. The van der Waals surface area contributed by atoms with Gasteiger partial charge in [0.05, 0.1) is 17.7 Å². The van der Waals surface area contributed by atoms with Crippen LogP contribution in [0.2, 0.25) is 0 Å². The van der Waals surface area contributed by atoms with E-state index in [1.807, 2.05) is 18.2 Å². The molecule has 0 radical (unpaired) electrons. The van der Waals surface area contributed by atoms with Crippen molar-refractivity contribution in [2.45, 2.75) is 50.1 Å². The van der Waals surface area contributed by atoms with Crippen molar-refractivity contribution in [3.63, 3.8) is 0 Å². The predicted molar refractivity (Wildman–Crippen MR) is 124 cm³/mol. The lowest BCUT2D eigenvalue weighted by molar-refractivity contribution is -0.121. The van der Waals surface area contributed by atoms with Gasteiger partial charge in [-0.2, -0.15) is 0 Å². The van der Waals surface area contributed by atoms with Gasteiger partial charge in [0.1, 0.15) is 5.75 Å². The van der Waals surface area contributed by atoms with Crippen LogP contribution in [0.25, 0.3) is 0 Å². The van der Waals surface area contributed by atoms with Crippen molar-refractivity contribution in [3.05, 3.63) is 53.6 Å². The van der Waals surface area contributed by atoms with Crippen LogP contribution in [0, 0.1) is 0 Å². The zero-order valence-electron chi connectivity index (χ0n) is 18.7. The number of nitrogens with zero attached hydrogens (tertiary/aromatic N) is 2. The number of likely N-dealkylation sites (tertiary alicyclic amines) is 1. The highest BCUT2D eigenvalue weighted by Gasteiger charge is 2.33. The second-order valence-electron chi connectivity index (χ2n) is 8.44. The van der Waals surface area contributed by atoms with E-state index >= 15 is 0 Å². The summed E-state index contributed by atoms with van der Waals surface area (Å²) in [5, 5.41) is 0. The lowest BCUT2D eigenvalue weighted by atomic mass is 10.1. The highest BCUT2D eigenvalue weighted by atomic mass is 32.2. The summed E-state index contributed by atoms with van der Waals surface area (Å²) in [4.78, 5) is 27.8. The molecule has 0 unspecified atom stereocenters. The van der Waals surface area contributed by atoms with Crippen LogP contribution in [0.4, 0.5) is 5.69 Å². The maximum atomic E-state index is 13.0. The van der Waals surface area contributed by atoms with Crippen LogP contribution in [0.5, 0.6) is 5.75 Å². The molecule has 0 bridgehead atoms. The Morgan fingerprint density at radius 3 is 2.33 bits per heavy atom. The van der Waals surface area contributed by atoms with Crippen molar-refractivity contribution in [1.82, 2.24) is 9.62 Å². The first-order chi connectivity index (χ1) is 15.9. The van der Waals surface area contributed by atoms with Gasteiger partial charge in [-0.15, -0.1) is 0 Å². The molecule has 2 heterocycles. The number of benzene rings is 2. The summed E-state index contributed by atoms with van der Waals surface area (Å²) in [5.74, 6) is -0.472. The minimum absolute atomic E-state index is 0.0322. The molecule has 0 spiro atoms. The first-order valence-electron chi connectivity index (χ1n) is 11.2. The Balaban J connectivity index is 1.49. The second kappa shape index (κ2) is 10.0. The fourth-order valence-electron chi connectivity index (χ4n) is 4.33. The molecule has 0 aromatic heterocycles. The molecule has 2 amide bonds. The van der Waals surface area contributed by atoms with Crippen molar-refractivity contribution in [2.24, 2.45) is 0 Å². The third-order valence-corrected chi connectivity index (χ3v) is 7.46. The van der Waals surface area contributed by atoms with Crippen molar-refractivity contribution >= 4 is 27.5 Å². The SMILES string of the molecule is COc1ccc(S(=O)(=O)NCc2cccc(CN3CCCCC3)c2)cc1N1C(=O)CCC1=O. The average Bonchev–Trinajstić information content (AvgIpc) is 3.16. The summed E-state index contributed by atoms with van der Waals surface area (Å²) in [6.07, 6.45) is 3.93. The first-order valence-corrected chi connectivity index (χ1v) is 12.7. The van der Waals surface area contributed by atoms with E-state index in [9.17, 15) is 18.0 Å². The number of amides is 2. The summed E-state index contributed by atoms with van der Waals surface area (Å²) in [6.45, 7) is 3.19. The molecule has 33 heavy (non-hydrogen) atoms. The number of methoxy groups -OCH3 is 1. The molecule has 4 rings (SSSR count). The van der Waals surface area contributed by atoms with Crippen molar-refractivity contribution in [1.29, 1.82) is 0 Å². The molecule has 9 heteroatoms. The first kappa shape index (κ1) is 23.4. The van der Waals surface area contributed by atoms with Gasteiger partial charge in [0.15, 0.2) is 0 Å². The molecule has 0 atom stereocenters. The topological polar surface area (TPSA) is 96.0 Å². The van der Waals surface area contributed by atoms with E-state index in [-0.39, 0.29) is 47.5 Å². The Bertz CT molecular complexity index is 1130. The molecule has 8 nitrogen and oxygen atoms in total. The maximum Gasteiger partial charge on any atom is 0.240 e. The molecule has 2 aliphatic rings. The number of piperidine rings is 1. The third-order valence-electron chi connectivity index (χ3n) is 6.07. The second-order valence-corrected chi connectivity index (χ2v) is 10.2. The van der Waals surface area contributed by atoms with Gasteiger partial charge < -0.3 is 4.74 Å². The molecule has 2 saturated heterocycles. The zero-order valence-corrected chi connectivity index (χ0v) is 19.6. The van der Waals surface area contributed by atoms with Gasteiger partial charge >= 0.3 is 0 Å². The average molecular weight is 472 g/mol. The quantitative estimate of drug-likeness (QED) is 0.595. The highest BCUT2D eigenvalue weighted by Crippen LogP contribution is 2.34. The van der Waals surface area contributed by atoms with Gasteiger partial charge in [0.25, 0.3) is 0 Å². The number of nitrogens with one attached hydrogen (secondary N) is 1. The maximum absolute atomic E-state index is 13.0. The van der Waals surface area contributed by atoms with Crippen molar-refractivity contribution < 1.29 is 22.7 Å². The van der Waals surface area contributed by atoms with Crippen molar-refractivity contribution in [2.75, 3.05) is 25.1 Å². The number of imide groups is 1. The fourth-order valence-corrected chi connectivity index (χ4v) is 5.37. The minimum atomic E-state index is -3.88. The number of hydrogen-bond acceptors (Lipinski definition) is 6. The van der Waals surface area contributed by atoms with Crippen LogP contribution >= 0.6 is 0 Å². The number of carbonyl (C=O) groups is 2. The molecule has 2 fully saturated rings. The van der Waals surface area contributed by atoms with Crippen LogP contribution in [0.15, 0.2) is 47.4 Å². The van der Waals surface area contributed by atoms with Crippen LogP contribution in [-0.4, -0.2) is 45.3 Å². The van der Waals surface area contributed by atoms with Crippen LogP contribution in [-0.2, 0) is 32.7 Å². The summed E-state index contributed by atoms with van der Waals surface area (Å²) < 4.78 is 33.9. The largest absolute Gasteiger partial charge is 0.495 e. The van der Waals surface area contributed by atoms with E-state index in [0.717, 1.165) is 35.7 Å². The molecule has 2 aromatic rings. The number of rotatable bonds is 8. The molecule has 0 saturated carbocycles. The fraction of sp³-hybridized carbons (Fsp3) is 0.417. The van der Waals surface area contributed by atoms with Crippen LogP contribution < -0.4 is 14.4 Å². The molecule has 0 aliphatic carbocycles. The van der Waals surface area contributed by atoms with E-state index in [0.29, 0.717) is 0 Å². The highest BCUT2D eigenvalue weighted by molar-refractivity contribution is 7.89. The normalized spacial score (nSPS) is 17.5. The number of sulfonamides is 1. The molecular weight excluding hydrogens is 442 g/mol. The minimum Gasteiger partial charge on any atom is -0.495 e. The van der Waals surface area contributed by atoms with E-state index in [4.69, 9.17) is 4.74 Å². The van der Waals surface area contributed by atoms with Crippen LogP contribution in [0.3, 0.4) is 0 Å². The lowest BCUT2D eigenvalue weighted by Gasteiger charge is -2.26. The predicted octanol–water partition coefficient (Wildman–Crippen LogP) is 2.81. The molecular formula is C24H29N3O5S. The number of anilines is 1. The van der Waals surface area contributed by atoms with Gasteiger partial charge in [-0.05, 0) is 55.3 Å². The van der Waals surface area contributed by atoms with Crippen molar-refractivity contribution in [3.8, 4) is 5.75 Å². The Morgan fingerprint density at radius 2 is 1.64 bits per heavy atom. The standard InChI is InChI=1S/C24H29N3O5S/c1-32-22-9-8-20(15-21(22)27-23(28)10-11-24(27)29)33(30,31)25-16-18-6-5-7-19(14-18)17-26-12-3-2-4-13-26/h5-9,14-15,25H,2-4,10-13,16-17H2,1H3. The summed E-state index contributed by atoms with van der Waals surface area (Å²) in [6, 6.07) is 12.1. The Kier molecular flexibility index (Phi) is 7.11. The lowest BCUT2D eigenvalue weighted by Crippen LogP contribution is -2.30. The summed E-state index contributed by atoms with van der Waals surface area (Å²) in [5.41, 5.74) is 2.18. The van der Waals surface area contributed by atoms with E-state index < -0.39 is 10.0 Å². The van der Waals surface area contributed by atoms with Gasteiger partial charge in [0, 0.05) is 25.9 Å². The number of hydrogen-bond donors (Lipinski definition) is 1.